The highest BCUT2D eigenvalue weighted by molar-refractivity contribution is 5.32. The van der Waals surface area contributed by atoms with Crippen LogP contribution >= 0.6 is 0 Å². The van der Waals surface area contributed by atoms with Gasteiger partial charge >= 0.3 is 0 Å². The van der Waals surface area contributed by atoms with Crippen LogP contribution in [0.4, 0.5) is 0 Å². The summed E-state index contributed by atoms with van der Waals surface area (Å²) in [6, 6.07) is 20.1. The first kappa shape index (κ1) is 11.5. The van der Waals surface area contributed by atoms with E-state index in [1.807, 2.05) is 0 Å². The van der Waals surface area contributed by atoms with E-state index < -0.39 is 0 Å². The van der Waals surface area contributed by atoms with Crippen molar-refractivity contribution in [3.05, 3.63) is 71.3 Å². The van der Waals surface area contributed by atoms with Gasteiger partial charge in [-0.2, -0.15) is 0 Å². The minimum atomic E-state index is 0.523. The zero-order valence-electron chi connectivity index (χ0n) is 10.6. The third-order valence-electron chi connectivity index (χ3n) is 3.78. The number of hydrogen-bond donors (Lipinski definition) is 1. The zero-order chi connectivity index (χ0) is 12.2. The molecule has 0 aliphatic carbocycles. The molecule has 2 aromatic rings. The van der Waals surface area contributed by atoms with Gasteiger partial charge in [0, 0.05) is 6.04 Å². The lowest BCUT2D eigenvalue weighted by Crippen LogP contribution is -2.30. The Hall–Kier alpha value is -1.60. The van der Waals surface area contributed by atoms with E-state index in [2.05, 4.69) is 59.9 Å². The fourth-order valence-electron chi connectivity index (χ4n) is 2.81. The lowest BCUT2D eigenvalue weighted by molar-refractivity contribution is 0.475. The van der Waals surface area contributed by atoms with E-state index in [-0.39, 0.29) is 0 Å². The molecule has 0 saturated carbocycles. The van der Waals surface area contributed by atoms with Crippen molar-refractivity contribution in [2.24, 2.45) is 0 Å². The van der Waals surface area contributed by atoms with Gasteiger partial charge in [0.15, 0.2) is 0 Å². The molecule has 1 heterocycles. The van der Waals surface area contributed by atoms with E-state index in [1.165, 1.54) is 23.1 Å². The van der Waals surface area contributed by atoms with E-state index in [9.17, 15) is 0 Å². The molecule has 0 bridgehead atoms. The molecule has 2 aromatic carbocycles. The molecular weight excluding hydrogens is 218 g/mol. The van der Waals surface area contributed by atoms with Gasteiger partial charge in [-0.1, -0.05) is 54.6 Å². The molecule has 1 unspecified atom stereocenters. The van der Waals surface area contributed by atoms with Crippen LogP contribution < -0.4 is 5.32 Å². The van der Waals surface area contributed by atoms with Crippen molar-refractivity contribution in [1.82, 2.24) is 5.32 Å². The van der Waals surface area contributed by atoms with Crippen molar-refractivity contribution in [2.45, 2.75) is 25.3 Å². The second-order valence-corrected chi connectivity index (χ2v) is 4.98. The summed E-state index contributed by atoms with van der Waals surface area (Å²) >= 11 is 0. The summed E-state index contributed by atoms with van der Waals surface area (Å²) in [6.07, 6.45) is 3.49. The van der Waals surface area contributed by atoms with Crippen LogP contribution in [0.25, 0.3) is 0 Å². The smallest absolute Gasteiger partial charge is 0.0326 e. The van der Waals surface area contributed by atoms with Crippen LogP contribution in [0.2, 0.25) is 0 Å². The maximum atomic E-state index is 3.65. The van der Waals surface area contributed by atoms with Crippen LogP contribution in [0.3, 0.4) is 0 Å². The first-order valence-electron chi connectivity index (χ1n) is 6.78. The summed E-state index contributed by atoms with van der Waals surface area (Å²) in [7, 11) is 0. The Morgan fingerprint density at radius 1 is 0.944 bits per heavy atom. The minimum Gasteiger partial charge on any atom is -0.310 e. The quantitative estimate of drug-likeness (QED) is 0.861. The topological polar surface area (TPSA) is 12.0 Å². The molecular formula is C17H19N. The lowest BCUT2D eigenvalue weighted by Gasteiger charge is -2.27. The van der Waals surface area contributed by atoms with Crippen molar-refractivity contribution in [3.63, 3.8) is 0 Å². The minimum absolute atomic E-state index is 0.523. The fourth-order valence-corrected chi connectivity index (χ4v) is 2.81. The second-order valence-electron chi connectivity index (χ2n) is 4.98. The highest BCUT2D eigenvalue weighted by atomic mass is 14.9. The normalized spacial score (nSPS) is 18.3. The summed E-state index contributed by atoms with van der Waals surface area (Å²) in [5.74, 6) is 0. The van der Waals surface area contributed by atoms with Gasteiger partial charge < -0.3 is 5.32 Å². The van der Waals surface area contributed by atoms with Crippen LogP contribution in [-0.4, -0.2) is 6.54 Å². The number of hydrogen-bond acceptors (Lipinski definition) is 1. The zero-order valence-corrected chi connectivity index (χ0v) is 10.6. The van der Waals surface area contributed by atoms with Gasteiger partial charge in [-0.25, -0.2) is 0 Å². The Morgan fingerprint density at radius 3 is 2.61 bits per heavy atom. The predicted octanol–water partition coefficient (Wildman–Crippen LogP) is 3.51. The molecule has 1 heteroatoms. The largest absolute Gasteiger partial charge is 0.310 e. The first-order chi connectivity index (χ1) is 8.93. The molecule has 1 nitrogen and oxygen atoms in total. The number of aryl methyl sites for hydroxylation is 1. The summed E-state index contributed by atoms with van der Waals surface area (Å²) < 4.78 is 0. The van der Waals surface area contributed by atoms with Crippen molar-refractivity contribution < 1.29 is 0 Å². The second kappa shape index (κ2) is 5.36. The van der Waals surface area contributed by atoms with Crippen molar-refractivity contribution >= 4 is 0 Å². The molecule has 1 N–H and O–H groups in total. The van der Waals surface area contributed by atoms with E-state index >= 15 is 0 Å². The Balaban J connectivity index is 1.71. The predicted molar refractivity (Wildman–Crippen MR) is 75.7 cm³/mol. The molecule has 0 saturated heterocycles. The van der Waals surface area contributed by atoms with E-state index in [0.717, 1.165) is 19.4 Å². The summed E-state index contributed by atoms with van der Waals surface area (Å²) in [5, 5.41) is 3.65. The molecule has 0 radical (unpaired) electrons. The Bertz CT molecular complexity index is 504. The lowest BCUT2D eigenvalue weighted by atomic mass is 9.91. The van der Waals surface area contributed by atoms with E-state index in [4.69, 9.17) is 0 Å². The highest BCUT2D eigenvalue weighted by Gasteiger charge is 2.18. The molecule has 1 aliphatic rings. The molecule has 0 amide bonds. The van der Waals surface area contributed by atoms with E-state index in [1.54, 1.807) is 0 Å². The number of nitrogens with one attached hydrogen (secondary N) is 1. The van der Waals surface area contributed by atoms with Gasteiger partial charge in [0.2, 0.25) is 0 Å². The van der Waals surface area contributed by atoms with Gasteiger partial charge in [-0.3, -0.25) is 0 Å². The third kappa shape index (κ3) is 2.46. The van der Waals surface area contributed by atoms with Crippen LogP contribution in [0.15, 0.2) is 54.6 Å². The average Bonchev–Trinajstić information content (AvgIpc) is 2.46. The molecule has 0 aromatic heterocycles. The molecule has 1 aliphatic heterocycles. The average molecular weight is 237 g/mol. The summed E-state index contributed by atoms with van der Waals surface area (Å²) in [5.41, 5.74) is 4.45. The Labute approximate surface area is 109 Å². The van der Waals surface area contributed by atoms with Crippen molar-refractivity contribution in [2.75, 3.05) is 6.54 Å². The van der Waals surface area contributed by atoms with Gasteiger partial charge in [-0.05, 0) is 42.5 Å². The SMILES string of the molecule is c1ccc(CCC2NCCc3ccccc32)cc1. The van der Waals surface area contributed by atoms with Crippen LogP contribution in [0, 0.1) is 0 Å². The molecule has 18 heavy (non-hydrogen) atoms. The Morgan fingerprint density at radius 2 is 1.72 bits per heavy atom. The maximum absolute atomic E-state index is 3.65. The number of fused-ring (bicyclic) bond motifs is 1. The van der Waals surface area contributed by atoms with Gasteiger partial charge in [0.05, 0.1) is 0 Å². The van der Waals surface area contributed by atoms with Gasteiger partial charge in [0.25, 0.3) is 0 Å². The highest BCUT2D eigenvalue weighted by Crippen LogP contribution is 2.26. The van der Waals surface area contributed by atoms with Gasteiger partial charge in [-0.15, -0.1) is 0 Å². The molecule has 3 rings (SSSR count). The van der Waals surface area contributed by atoms with Crippen LogP contribution in [-0.2, 0) is 12.8 Å². The standard InChI is InChI=1S/C17H19N/c1-2-6-14(7-3-1)10-11-17-16-9-5-4-8-15(16)12-13-18-17/h1-9,17-18H,10-13H2. The summed E-state index contributed by atoms with van der Waals surface area (Å²) in [4.78, 5) is 0. The molecule has 1 atom stereocenters. The molecule has 0 spiro atoms. The van der Waals surface area contributed by atoms with Gasteiger partial charge in [0.1, 0.15) is 0 Å². The molecule has 92 valence electrons. The first-order valence-corrected chi connectivity index (χ1v) is 6.78. The number of rotatable bonds is 3. The van der Waals surface area contributed by atoms with Crippen molar-refractivity contribution in [1.29, 1.82) is 0 Å². The van der Waals surface area contributed by atoms with Crippen molar-refractivity contribution in [3.8, 4) is 0 Å². The fraction of sp³-hybridized carbons (Fsp3) is 0.294. The number of benzene rings is 2. The summed E-state index contributed by atoms with van der Waals surface area (Å²) in [6.45, 7) is 1.11. The van der Waals surface area contributed by atoms with E-state index in [0.29, 0.717) is 6.04 Å². The van der Waals surface area contributed by atoms with Crippen LogP contribution in [0.1, 0.15) is 29.2 Å². The van der Waals surface area contributed by atoms with Crippen LogP contribution in [0.5, 0.6) is 0 Å². The molecule has 0 fully saturated rings. The third-order valence-corrected chi connectivity index (χ3v) is 3.78. The Kier molecular flexibility index (Phi) is 3.42. The maximum Gasteiger partial charge on any atom is 0.0326 e. The monoisotopic (exact) mass is 237 g/mol.